The fourth-order valence-electron chi connectivity index (χ4n) is 3.55. The maximum atomic E-state index is 12.3. The number of rotatable bonds is 12. The molecule has 210 valence electrons. The molecule has 3 unspecified atom stereocenters. The predicted molar refractivity (Wildman–Crippen MR) is 147 cm³/mol. The molecule has 0 aromatic heterocycles. The molecule has 0 bridgehead atoms. The normalized spacial score (nSPS) is 16.1. The summed E-state index contributed by atoms with van der Waals surface area (Å²) in [5.74, 6) is -1.37. The number of nitrogens with one attached hydrogen (secondary N) is 1. The largest absolute Gasteiger partial charge is 0.461 e. The molecule has 1 aromatic carbocycles. The highest BCUT2D eigenvalue weighted by molar-refractivity contribution is 5.86. The van der Waals surface area contributed by atoms with E-state index >= 15 is 0 Å². The monoisotopic (exact) mass is 530 g/mol. The Balaban J connectivity index is 0.000000738. The summed E-state index contributed by atoms with van der Waals surface area (Å²) in [6.45, 7) is 14.5. The lowest BCUT2D eigenvalue weighted by Crippen LogP contribution is -2.43. The maximum Gasteiger partial charge on any atom is 0.404 e. The molecule has 1 aliphatic rings. The first kappa shape index (κ1) is 34.1. The molecule has 9 heteroatoms. The van der Waals surface area contributed by atoms with Gasteiger partial charge in [0.25, 0.3) is 0 Å². The molecular formula is C29H42N2O7. The fourth-order valence-corrected chi connectivity index (χ4v) is 3.55. The van der Waals surface area contributed by atoms with Crippen LogP contribution in [0.3, 0.4) is 0 Å². The maximum absolute atomic E-state index is 12.3. The highest BCUT2D eigenvalue weighted by atomic mass is 16.5. The minimum Gasteiger partial charge on any atom is -0.461 e. The first-order valence-electron chi connectivity index (χ1n) is 12.6. The number of hydrogen-bond acceptors (Lipinski definition) is 7. The average Bonchev–Trinajstić information content (AvgIpc) is 3.38. The van der Waals surface area contributed by atoms with Crippen LogP contribution in [0.1, 0.15) is 45.1 Å². The minimum absolute atomic E-state index is 0.0521. The molecule has 3 N–H and O–H groups in total. The predicted octanol–water partition coefficient (Wildman–Crippen LogP) is 4.27. The summed E-state index contributed by atoms with van der Waals surface area (Å²) >= 11 is 0. The van der Waals surface area contributed by atoms with E-state index in [2.05, 4.69) is 66.7 Å². The van der Waals surface area contributed by atoms with Gasteiger partial charge in [-0.1, -0.05) is 81.6 Å². The van der Waals surface area contributed by atoms with Gasteiger partial charge in [-0.2, -0.15) is 0 Å². The van der Waals surface area contributed by atoms with Crippen LogP contribution in [0, 0.1) is 11.8 Å². The van der Waals surface area contributed by atoms with Crippen LogP contribution >= 0.6 is 0 Å². The van der Waals surface area contributed by atoms with Crippen LogP contribution in [-0.2, 0) is 35.0 Å². The fraction of sp³-hybridized carbons (Fsp3) is 0.448. The topological polar surface area (TPSA) is 134 Å². The lowest BCUT2D eigenvalue weighted by atomic mass is 9.92. The standard InChI is InChI=1S/C17H25NO5.C8H10.C4H7NO2/c1-4-9-22-15(19)11-13-7-6-8-14(13)16(20)18-12(3)17(21)23-10-5-2;1-2-8-6-4-3-5-7-8;1-2-3-7-4(5)6/h4-5,12-14H,1-2,6-11H2,3H3,(H,18,20);3-7H,2H2,1H3;2H,1,3H2,(H2,5,6). The lowest BCUT2D eigenvalue weighted by molar-refractivity contribution is -0.147. The molecular weight excluding hydrogens is 488 g/mol. The van der Waals surface area contributed by atoms with Crippen molar-refractivity contribution in [3.05, 3.63) is 73.9 Å². The third kappa shape index (κ3) is 16.0. The number of amides is 2. The Bertz CT molecular complexity index is 886. The van der Waals surface area contributed by atoms with Crippen LogP contribution in [0.15, 0.2) is 68.3 Å². The summed E-state index contributed by atoms with van der Waals surface area (Å²) in [6.07, 6.45) is 7.40. The second kappa shape index (κ2) is 21.2. The third-order valence-electron chi connectivity index (χ3n) is 5.44. The summed E-state index contributed by atoms with van der Waals surface area (Å²) in [5, 5.41) is 2.66. The van der Waals surface area contributed by atoms with E-state index < -0.39 is 18.1 Å². The van der Waals surface area contributed by atoms with E-state index in [1.165, 1.54) is 23.8 Å². The van der Waals surface area contributed by atoms with E-state index in [0.29, 0.717) is 6.42 Å². The number of ether oxygens (including phenoxy) is 3. The first-order chi connectivity index (χ1) is 18.2. The molecule has 2 amide bonds. The summed E-state index contributed by atoms with van der Waals surface area (Å²) in [5.41, 5.74) is 5.98. The summed E-state index contributed by atoms with van der Waals surface area (Å²) in [4.78, 5) is 45.4. The van der Waals surface area contributed by atoms with Crippen LogP contribution < -0.4 is 11.1 Å². The first-order valence-corrected chi connectivity index (χ1v) is 12.6. The number of hydrogen-bond donors (Lipinski definition) is 2. The van der Waals surface area contributed by atoms with Crippen molar-refractivity contribution in [2.75, 3.05) is 19.8 Å². The molecule has 0 saturated heterocycles. The van der Waals surface area contributed by atoms with E-state index in [-0.39, 0.29) is 50.0 Å². The van der Waals surface area contributed by atoms with Gasteiger partial charge in [0.05, 0.1) is 0 Å². The molecule has 0 spiro atoms. The van der Waals surface area contributed by atoms with Gasteiger partial charge in [0.1, 0.15) is 25.9 Å². The van der Waals surface area contributed by atoms with Gasteiger partial charge < -0.3 is 25.3 Å². The molecule has 1 saturated carbocycles. The van der Waals surface area contributed by atoms with Crippen LogP contribution in [-0.4, -0.2) is 49.8 Å². The second-order valence-electron chi connectivity index (χ2n) is 8.38. The van der Waals surface area contributed by atoms with Crippen molar-refractivity contribution in [2.45, 2.75) is 52.0 Å². The number of aryl methyl sites for hydroxylation is 1. The number of benzene rings is 1. The van der Waals surface area contributed by atoms with Crippen molar-refractivity contribution in [1.29, 1.82) is 0 Å². The van der Waals surface area contributed by atoms with Gasteiger partial charge in [-0.3, -0.25) is 9.59 Å². The number of primary amides is 1. The van der Waals surface area contributed by atoms with Gasteiger partial charge >= 0.3 is 18.0 Å². The van der Waals surface area contributed by atoms with Crippen molar-refractivity contribution in [3.63, 3.8) is 0 Å². The zero-order valence-corrected chi connectivity index (χ0v) is 22.6. The number of nitrogens with two attached hydrogens (primary N) is 1. The average molecular weight is 531 g/mol. The molecule has 0 heterocycles. The Morgan fingerprint density at radius 2 is 1.55 bits per heavy atom. The molecule has 38 heavy (non-hydrogen) atoms. The minimum atomic E-state index is -0.764. The molecule has 0 aliphatic heterocycles. The van der Waals surface area contributed by atoms with E-state index in [1.807, 2.05) is 6.07 Å². The van der Waals surface area contributed by atoms with Crippen molar-refractivity contribution >= 4 is 23.9 Å². The van der Waals surface area contributed by atoms with E-state index in [4.69, 9.17) is 9.47 Å². The molecule has 1 aliphatic carbocycles. The van der Waals surface area contributed by atoms with Crippen LogP contribution in [0.25, 0.3) is 0 Å². The van der Waals surface area contributed by atoms with Crippen molar-refractivity contribution in [3.8, 4) is 0 Å². The van der Waals surface area contributed by atoms with Gasteiger partial charge in [-0.15, -0.1) is 0 Å². The SMILES string of the molecule is C=CCOC(=O)CC1CCCC1C(=O)NC(C)C(=O)OCC=C.C=CCOC(N)=O.CCc1ccccc1. The zero-order valence-electron chi connectivity index (χ0n) is 22.6. The van der Waals surface area contributed by atoms with E-state index in [1.54, 1.807) is 6.92 Å². The lowest BCUT2D eigenvalue weighted by Gasteiger charge is -2.20. The number of esters is 2. The van der Waals surface area contributed by atoms with Gasteiger partial charge in [0, 0.05) is 12.3 Å². The quantitative estimate of drug-likeness (QED) is 0.234. The Labute approximate surface area is 226 Å². The molecule has 0 radical (unpaired) electrons. The van der Waals surface area contributed by atoms with Gasteiger partial charge in [0.15, 0.2) is 0 Å². The third-order valence-corrected chi connectivity index (χ3v) is 5.44. The van der Waals surface area contributed by atoms with Gasteiger partial charge in [0.2, 0.25) is 5.91 Å². The Morgan fingerprint density at radius 3 is 2.05 bits per heavy atom. The number of carbonyl (C=O) groups is 4. The summed E-state index contributed by atoms with van der Waals surface area (Å²) in [7, 11) is 0. The molecule has 1 fully saturated rings. The van der Waals surface area contributed by atoms with Gasteiger partial charge in [-0.25, -0.2) is 9.59 Å². The molecule has 2 rings (SSSR count). The highest BCUT2D eigenvalue weighted by Crippen LogP contribution is 2.34. The second-order valence-corrected chi connectivity index (χ2v) is 8.38. The van der Waals surface area contributed by atoms with Crippen LogP contribution in [0.2, 0.25) is 0 Å². The highest BCUT2D eigenvalue weighted by Gasteiger charge is 2.35. The van der Waals surface area contributed by atoms with E-state index in [0.717, 1.165) is 19.3 Å². The number of carbonyl (C=O) groups excluding carboxylic acids is 4. The molecule has 1 aromatic rings. The zero-order chi connectivity index (χ0) is 28.8. The molecule has 3 atom stereocenters. The Morgan fingerprint density at radius 1 is 0.974 bits per heavy atom. The molecule has 9 nitrogen and oxygen atoms in total. The van der Waals surface area contributed by atoms with Gasteiger partial charge in [-0.05, 0) is 37.7 Å². The van der Waals surface area contributed by atoms with Crippen molar-refractivity contribution in [1.82, 2.24) is 5.32 Å². The van der Waals surface area contributed by atoms with Crippen LogP contribution in [0.5, 0.6) is 0 Å². The van der Waals surface area contributed by atoms with E-state index in [9.17, 15) is 19.2 Å². The van der Waals surface area contributed by atoms with Crippen molar-refractivity contribution < 1.29 is 33.4 Å². The Kier molecular flexibility index (Phi) is 19.1. The van der Waals surface area contributed by atoms with Crippen LogP contribution in [0.4, 0.5) is 4.79 Å². The Hall–Kier alpha value is -3.88. The summed E-state index contributed by atoms with van der Waals surface area (Å²) in [6, 6.07) is 9.73. The summed E-state index contributed by atoms with van der Waals surface area (Å²) < 4.78 is 14.1. The van der Waals surface area contributed by atoms with Crippen molar-refractivity contribution in [2.24, 2.45) is 17.6 Å². The smallest absolute Gasteiger partial charge is 0.404 e.